The quantitative estimate of drug-likeness (QED) is 0.856. The van der Waals surface area contributed by atoms with Crippen molar-refractivity contribution in [1.29, 1.82) is 0 Å². The first-order valence-electron chi connectivity index (χ1n) is 6.26. The molecule has 20 heavy (non-hydrogen) atoms. The highest BCUT2D eigenvalue weighted by molar-refractivity contribution is 6.25. The summed E-state index contributed by atoms with van der Waals surface area (Å²) in [6, 6.07) is 2.50. The fourth-order valence-corrected chi connectivity index (χ4v) is 2.17. The van der Waals surface area contributed by atoms with Crippen LogP contribution in [0.5, 0.6) is 0 Å². The standard InChI is InChI=1S/C13H15ClF3N3/c14-4-1-5-19-6-8-20(9-7-19)12-3-2-11(10-18-12)13(15,16)17/h1-4,10H,5-9H2/b4-1+. The number of halogens is 4. The van der Waals surface area contributed by atoms with Crippen molar-refractivity contribution in [3.63, 3.8) is 0 Å². The molecule has 1 aromatic heterocycles. The third-order valence-corrected chi connectivity index (χ3v) is 3.40. The first-order valence-corrected chi connectivity index (χ1v) is 6.70. The molecule has 1 aromatic rings. The monoisotopic (exact) mass is 305 g/mol. The van der Waals surface area contributed by atoms with Gasteiger partial charge in [-0.05, 0) is 12.1 Å². The summed E-state index contributed by atoms with van der Waals surface area (Å²) in [6.45, 7) is 3.95. The minimum absolute atomic E-state index is 0.588. The van der Waals surface area contributed by atoms with Crippen molar-refractivity contribution in [2.75, 3.05) is 37.6 Å². The van der Waals surface area contributed by atoms with Crippen molar-refractivity contribution in [1.82, 2.24) is 9.88 Å². The summed E-state index contributed by atoms with van der Waals surface area (Å²) < 4.78 is 37.4. The Kier molecular flexibility index (Phi) is 4.88. The van der Waals surface area contributed by atoms with E-state index in [0.717, 1.165) is 45.0 Å². The highest BCUT2D eigenvalue weighted by Crippen LogP contribution is 2.29. The third-order valence-electron chi connectivity index (χ3n) is 3.22. The maximum absolute atomic E-state index is 12.5. The average Bonchev–Trinajstić information content (AvgIpc) is 2.45. The van der Waals surface area contributed by atoms with Gasteiger partial charge in [-0.3, -0.25) is 4.90 Å². The molecular weight excluding hydrogens is 291 g/mol. The zero-order valence-electron chi connectivity index (χ0n) is 10.8. The summed E-state index contributed by atoms with van der Waals surface area (Å²) in [5.74, 6) is 0.588. The fourth-order valence-electron chi connectivity index (χ4n) is 2.09. The molecule has 1 aliphatic rings. The lowest BCUT2D eigenvalue weighted by Crippen LogP contribution is -2.46. The molecule has 0 bridgehead atoms. The number of aromatic nitrogens is 1. The van der Waals surface area contributed by atoms with Crippen LogP contribution in [0.3, 0.4) is 0 Å². The van der Waals surface area contributed by atoms with Gasteiger partial charge in [0.1, 0.15) is 5.82 Å². The van der Waals surface area contributed by atoms with Gasteiger partial charge >= 0.3 is 6.18 Å². The SMILES string of the molecule is FC(F)(F)c1ccc(N2CCN(C/C=C/Cl)CC2)nc1. The summed E-state index contributed by atoms with van der Waals surface area (Å²) in [4.78, 5) is 8.12. The molecule has 0 aromatic carbocycles. The van der Waals surface area contributed by atoms with Gasteiger partial charge in [0.05, 0.1) is 5.56 Å². The Morgan fingerprint density at radius 1 is 1.20 bits per heavy atom. The van der Waals surface area contributed by atoms with Gasteiger partial charge in [0.15, 0.2) is 0 Å². The van der Waals surface area contributed by atoms with E-state index in [-0.39, 0.29) is 0 Å². The number of alkyl halides is 3. The Hall–Kier alpha value is -1.27. The van der Waals surface area contributed by atoms with Crippen LogP contribution < -0.4 is 4.90 Å². The Morgan fingerprint density at radius 2 is 1.90 bits per heavy atom. The number of anilines is 1. The third kappa shape index (κ3) is 3.86. The molecule has 0 amide bonds. The van der Waals surface area contributed by atoms with Crippen molar-refractivity contribution in [3.05, 3.63) is 35.5 Å². The summed E-state index contributed by atoms with van der Waals surface area (Å²) in [7, 11) is 0. The zero-order chi connectivity index (χ0) is 14.6. The van der Waals surface area contributed by atoms with Gasteiger partial charge in [-0.25, -0.2) is 4.98 Å². The molecule has 0 N–H and O–H groups in total. The van der Waals surface area contributed by atoms with Crippen LogP contribution in [0, 0.1) is 0 Å². The second-order valence-corrected chi connectivity index (χ2v) is 4.80. The topological polar surface area (TPSA) is 19.4 Å². The van der Waals surface area contributed by atoms with E-state index in [1.165, 1.54) is 11.6 Å². The molecule has 7 heteroatoms. The molecule has 2 heterocycles. The summed E-state index contributed by atoms with van der Waals surface area (Å²) in [5.41, 5.74) is 0.774. The average molecular weight is 306 g/mol. The lowest BCUT2D eigenvalue weighted by atomic mass is 10.2. The molecular formula is C13H15ClF3N3. The molecule has 0 atom stereocenters. The van der Waals surface area contributed by atoms with Crippen LogP contribution >= 0.6 is 11.6 Å². The van der Waals surface area contributed by atoms with Crippen LogP contribution in [-0.2, 0) is 6.18 Å². The van der Waals surface area contributed by atoms with Crippen LogP contribution in [0.15, 0.2) is 29.9 Å². The van der Waals surface area contributed by atoms with Gasteiger partial charge < -0.3 is 4.90 Å². The second kappa shape index (κ2) is 6.45. The first kappa shape index (κ1) is 15.1. The van der Waals surface area contributed by atoms with E-state index in [0.29, 0.717) is 5.82 Å². The van der Waals surface area contributed by atoms with Crippen LogP contribution in [0.4, 0.5) is 19.0 Å². The Morgan fingerprint density at radius 3 is 2.40 bits per heavy atom. The maximum atomic E-state index is 12.5. The molecule has 2 rings (SSSR count). The summed E-state index contributed by atoms with van der Waals surface area (Å²) in [6.07, 6.45) is -1.58. The van der Waals surface area contributed by atoms with Crippen LogP contribution in [0.25, 0.3) is 0 Å². The molecule has 0 radical (unpaired) electrons. The van der Waals surface area contributed by atoms with E-state index in [9.17, 15) is 13.2 Å². The van der Waals surface area contributed by atoms with Crippen LogP contribution in [-0.4, -0.2) is 42.6 Å². The number of rotatable bonds is 3. The van der Waals surface area contributed by atoms with Crippen molar-refractivity contribution in [3.8, 4) is 0 Å². The van der Waals surface area contributed by atoms with Gasteiger partial charge in [0, 0.05) is 44.5 Å². The highest BCUT2D eigenvalue weighted by atomic mass is 35.5. The van der Waals surface area contributed by atoms with Crippen molar-refractivity contribution < 1.29 is 13.2 Å². The van der Waals surface area contributed by atoms with Gasteiger partial charge in [-0.2, -0.15) is 13.2 Å². The van der Waals surface area contributed by atoms with E-state index in [1.807, 2.05) is 11.0 Å². The molecule has 0 aliphatic carbocycles. The number of piperazine rings is 1. The lowest BCUT2D eigenvalue weighted by molar-refractivity contribution is -0.137. The number of hydrogen-bond donors (Lipinski definition) is 0. The van der Waals surface area contributed by atoms with Crippen molar-refractivity contribution >= 4 is 17.4 Å². The van der Waals surface area contributed by atoms with Gasteiger partial charge in [-0.15, -0.1) is 0 Å². The van der Waals surface area contributed by atoms with Crippen molar-refractivity contribution in [2.24, 2.45) is 0 Å². The van der Waals surface area contributed by atoms with Crippen LogP contribution in [0.2, 0.25) is 0 Å². The molecule has 0 unspecified atom stereocenters. The van der Waals surface area contributed by atoms with Gasteiger partial charge in [0.25, 0.3) is 0 Å². The molecule has 0 saturated carbocycles. The van der Waals surface area contributed by atoms with Crippen molar-refractivity contribution in [2.45, 2.75) is 6.18 Å². The lowest BCUT2D eigenvalue weighted by Gasteiger charge is -2.34. The Bertz CT molecular complexity index is 451. The number of nitrogens with zero attached hydrogens (tertiary/aromatic N) is 3. The number of pyridine rings is 1. The van der Waals surface area contributed by atoms with Gasteiger partial charge in [-0.1, -0.05) is 17.7 Å². The Balaban J connectivity index is 1.94. The molecule has 1 fully saturated rings. The zero-order valence-corrected chi connectivity index (χ0v) is 11.5. The summed E-state index contributed by atoms with van der Waals surface area (Å²) in [5, 5.41) is 0. The predicted molar refractivity (Wildman–Crippen MR) is 72.9 cm³/mol. The van der Waals surface area contributed by atoms with E-state index in [2.05, 4.69) is 9.88 Å². The fraction of sp³-hybridized carbons (Fsp3) is 0.462. The normalized spacial score (nSPS) is 17.9. The predicted octanol–water partition coefficient (Wildman–Crippen LogP) is 2.97. The maximum Gasteiger partial charge on any atom is 0.417 e. The van der Waals surface area contributed by atoms with E-state index >= 15 is 0 Å². The number of hydrogen-bond acceptors (Lipinski definition) is 3. The molecule has 110 valence electrons. The van der Waals surface area contributed by atoms with E-state index in [4.69, 9.17) is 11.6 Å². The van der Waals surface area contributed by atoms with E-state index < -0.39 is 11.7 Å². The summed E-state index contributed by atoms with van der Waals surface area (Å²) >= 11 is 5.48. The molecule has 3 nitrogen and oxygen atoms in total. The second-order valence-electron chi connectivity index (χ2n) is 4.55. The molecule has 1 aliphatic heterocycles. The Labute approximate surface area is 120 Å². The first-order chi connectivity index (χ1) is 9.50. The highest BCUT2D eigenvalue weighted by Gasteiger charge is 2.31. The smallest absolute Gasteiger partial charge is 0.354 e. The largest absolute Gasteiger partial charge is 0.417 e. The van der Waals surface area contributed by atoms with E-state index in [1.54, 1.807) is 0 Å². The van der Waals surface area contributed by atoms with Gasteiger partial charge in [0.2, 0.25) is 0 Å². The molecule has 1 saturated heterocycles. The minimum Gasteiger partial charge on any atom is -0.354 e. The van der Waals surface area contributed by atoms with Crippen LogP contribution in [0.1, 0.15) is 5.56 Å². The minimum atomic E-state index is -4.34. The molecule has 0 spiro atoms.